The molecule has 1 aromatic rings. The number of morpholine rings is 1. The van der Waals surface area contributed by atoms with E-state index in [0.29, 0.717) is 31.8 Å². The number of amides is 1. The van der Waals surface area contributed by atoms with Crippen molar-refractivity contribution in [3.05, 3.63) is 39.4 Å². The van der Waals surface area contributed by atoms with E-state index in [1.807, 2.05) is 19.0 Å². The number of aryl methyl sites for hydroxylation is 1. The van der Waals surface area contributed by atoms with E-state index in [0.717, 1.165) is 0 Å². The van der Waals surface area contributed by atoms with Crippen LogP contribution in [0, 0.1) is 17.0 Å². The zero-order chi connectivity index (χ0) is 16.3. The third-order valence-corrected chi connectivity index (χ3v) is 3.66. The fourth-order valence-electron chi connectivity index (χ4n) is 2.66. The summed E-state index contributed by atoms with van der Waals surface area (Å²) in [5, 5.41) is 11.2. The third kappa shape index (κ3) is 3.61. The van der Waals surface area contributed by atoms with E-state index in [1.54, 1.807) is 24.0 Å². The van der Waals surface area contributed by atoms with E-state index in [-0.39, 0.29) is 23.3 Å². The summed E-state index contributed by atoms with van der Waals surface area (Å²) in [7, 11) is 3.88. The van der Waals surface area contributed by atoms with Crippen molar-refractivity contribution >= 4 is 11.6 Å². The second-order valence-electron chi connectivity index (χ2n) is 5.73. The Balaban J connectivity index is 2.23. The number of carbonyl (C=O) groups excluding carboxylic acids is 1. The van der Waals surface area contributed by atoms with Crippen LogP contribution in [0.2, 0.25) is 0 Å². The summed E-state index contributed by atoms with van der Waals surface area (Å²) in [6.45, 7) is 3.78. The molecule has 0 aliphatic carbocycles. The highest BCUT2D eigenvalue weighted by molar-refractivity contribution is 5.99. The first-order valence-corrected chi connectivity index (χ1v) is 7.19. The van der Waals surface area contributed by atoms with Gasteiger partial charge in [-0.3, -0.25) is 14.9 Å². The number of rotatable bonds is 4. The minimum absolute atomic E-state index is 0.0734. The van der Waals surface area contributed by atoms with Crippen LogP contribution in [0.5, 0.6) is 0 Å². The van der Waals surface area contributed by atoms with Gasteiger partial charge in [0, 0.05) is 25.7 Å². The van der Waals surface area contributed by atoms with Crippen LogP contribution in [0.4, 0.5) is 5.69 Å². The Morgan fingerprint density at radius 3 is 2.86 bits per heavy atom. The van der Waals surface area contributed by atoms with Gasteiger partial charge in [-0.15, -0.1) is 0 Å². The molecule has 22 heavy (non-hydrogen) atoms. The molecule has 7 heteroatoms. The highest BCUT2D eigenvalue weighted by Crippen LogP contribution is 2.24. The highest BCUT2D eigenvalue weighted by Gasteiger charge is 2.30. The minimum atomic E-state index is -0.502. The molecule has 1 amide bonds. The molecular formula is C15H21N3O4. The lowest BCUT2D eigenvalue weighted by molar-refractivity contribution is -0.385. The summed E-state index contributed by atoms with van der Waals surface area (Å²) in [5.74, 6) is -0.295. The summed E-state index contributed by atoms with van der Waals surface area (Å²) in [6, 6.07) is 4.69. The number of nitrogens with zero attached hydrogens (tertiary/aromatic N) is 3. The number of benzene rings is 1. The molecule has 0 saturated carbocycles. The lowest BCUT2D eigenvalue weighted by Crippen LogP contribution is -2.49. The fraction of sp³-hybridized carbons (Fsp3) is 0.533. The Labute approximate surface area is 129 Å². The van der Waals surface area contributed by atoms with Gasteiger partial charge < -0.3 is 14.5 Å². The standard InChI is InChI=1S/C15H21N3O4/c1-11-5-4-6-13(18(20)21)14(11)15(19)17-7-8-22-12(10-17)9-16(2)3/h4-6,12H,7-10H2,1-3H3/t12-/m0/s1. The van der Waals surface area contributed by atoms with Gasteiger partial charge in [-0.25, -0.2) is 0 Å². The summed E-state index contributed by atoms with van der Waals surface area (Å²) >= 11 is 0. The van der Waals surface area contributed by atoms with Gasteiger partial charge in [-0.2, -0.15) is 0 Å². The van der Waals surface area contributed by atoms with Gasteiger partial charge >= 0.3 is 0 Å². The summed E-state index contributed by atoms with van der Waals surface area (Å²) in [4.78, 5) is 27.0. The fourth-order valence-corrected chi connectivity index (χ4v) is 2.66. The predicted molar refractivity (Wildman–Crippen MR) is 82.0 cm³/mol. The largest absolute Gasteiger partial charge is 0.373 e. The first kappa shape index (κ1) is 16.4. The van der Waals surface area contributed by atoms with Gasteiger partial charge in [0.15, 0.2) is 0 Å². The smallest absolute Gasteiger partial charge is 0.282 e. The molecule has 1 fully saturated rings. The maximum absolute atomic E-state index is 12.7. The maximum Gasteiger partial charge on any atom is 0.282 e. The van der Waals surface area contributed by atoms with E-state index in [2.05, 4.69) is 0 Å². The number of nitro benzene ring substituents is 1. The van der Waals surface area contributed by atoms with Crippen LogP contribution in [0.1, 0.15) is 15.9 Å². The number of hydrogen-bond donors (Lipinski definition) is 0. The predicted octanol–water partition coefficient (Wildman–Crippen LogP) is 1.31. The molecule has 0 unspecified atom stereocenters. The molecule has 1 aliphatic rings. The molecule has 120 valence electrons. The molecule has 1 aromatic carbocycles. The van der Waals surface area contributed by atoms with Gasteiger partial charge in [0.1, 0.15) is 5.56 Å². The van der Waals surface area contributed by atoms with Crippen LogP contribution in [-0.2, 0) is 4.74 Å². The lowest BCUT2D eigenvalue weighted by atomic mass is 10.0. The topological polar surface area (TPSA) is 75.9 Å². The van der Waals surface area contributed by atoms with E-state index in [4.69, 9.17) is 4.74 Å². The van der Waals surface area contributed by atoms with Crippen LogP contribution in [0.25, 0.3) is 0 Å². The Morgan fingerprint density at radius 2 is 2.23 bits per heavy atom. The van der Waals surface area contributed by atoms with E-state index >= 15 is 0 Å². The van der Waals surface area contributed by atoms with Gasteiger partial charge in [0.05, 0.1) is 17.6 Å². The van der Waals surface area contributed by atoms with E-state index in [1.165, 1.54) is 6.07 Å². The Kier molecular flexibility index (Phi) is 5.10. The van der Waals surface area contributed by atoms with Crippen LogP contribution >= 0.6 is 0 Å². The number of likely N-dealkylation sites (N-methyl/N-ethyl adjacent to an activating group) is 1. The molecule has 1 heterocycles. The van der Waals surface area contributed by atoms with Gasteiger partial charge in [-0.1, -0.05) is 12.1 Å². The van der Waals surface area contributed by atoms with Crippen molar-refractivity contribution in [1.82, 2.24) is 9.80 Å². The summed E-state index contributed by atoms with van der Waals surface area (Å²) < 4.78 is 5.64. The number of ether oxygens (including phenoxy) is 1. The Bertz CT molecular complexity index is 574. The van der Waals surface area contributed by atoms with Gasteiger partial charge in [0.25, 0.3) is 11.6 Å². The molecule has 0 spiro atoms. The molecular weight excluding hydrogens is 286 g/mol. The number of hydrogen-bond acceptors (Lipinski definition) is 5. The van der Waals surface area contributed by atoms with Crippen molar-refractivity contribution < 1.29 is 14.5 Å². The lowest BCUT2D eigenvalue weighted by Gasteiger charge is -2.34. The van der Waals surface area contributed by atoms with Crippen LogP contribution in [0.15, 0.2) is 18.2 Å². The minimum Gasteiger partial charge on any atom is -0.373 e. The molecule has 0 radical (unpaired) electrons. The summed E-state index contributed by atoms with van der Waals surface area (Å²) in [5.41, 5.74) is 0.661. The highest BCUT2D eigenvalue weighted by atomic mass is 16.6. The van der Waals surface area contributed by atoms with E-state index in [9.17, 15) is 14.9 Å². The Morgan fingerprint density at radius 1 is 1.50 bits per heavy atom. The van der Waals surface area contributed by atoms with Crippen molar-refractivity contribution in [3.8, 4) is 0 Å². The molecule has 1 aliphatic heterocycles. The second-order valence-corrected chi connectivity index (χ2v) is 5.73. The third-order valence-electron chi connectivity index (χ3n) is 3.66. The molecule has 1 atom stereocenters. The first-order chi connectivity index (χ1) is 10.4. The quantitative estimate of drug-likeness (QED) is 0.619. The van der Waals surface area contributed by atoms with E-state index < -0.39 is 4.92 Å². The second kappa shape index (κ2) is 6.85. The molecule has 1 saturated heterocycles. The maximum atomic E-state index is 12.7. The zero-order valence-electron chi connectivity index (χ0n) is 13.1. The zero-order valence-corrected chi connectivity index (χ0v) is 13.1. The molecule has 0 N–H and O–H groups in total. The number of carbonyl (C=O) groups is 1. The molecule has 0 bridgehead atoms. The SMILES string of the molecule is Cc1cccc([N+](=O)[O-])c1C(=O)N1CCO[C@@H](CN(C)C)C1. The Hall–Kier alpha value is -1.99. The monoisotopic (exact) mass is 307 g/mol. The van der Waals surface area contributed by atoms with Crippen molar-refractivity contribution in [2.75, 3.05) is 40.3 Å². The van der Waals surface area contributed by atoms with Gasteiger partial charge in [0.2, 0.25) is 0 Å². The van der Waals surface area contributed by atoms with Crippen molar-refractivity contribution in [2.24, 2.45) is 0 Å². The number of nitro groups is 1. The van der Waals surface area contributed by atoms with Crippen molar-refractivity contribution in [3.63, 3.8) is 0 Å². The molecule has 2 rings (SSSR count). The van der Waals surface area contributed by atoms with Crippen LogP contribution in [0.3, 0.4) is 0 Å². The molecule has 0 aromatic heterocycles. The van der Waals surface area contributed by atoms with Crippen LogP contribution in [-0.4, -0.2) is 67.1 Å². The summed E-state index contributed by atoms with van der Waals surface area (Å²) in [6.07, 6.45) is -0.0734. The average molecular weight is 307 g/mol. The normalized spacial score (nSPS) is 18.5. The van der Waals surface area contributed by atoms with Crippen LogP contribution < -0.4 is 0 Å². The molecule has 7 nitrogen and oxygen atoms in total. The average Bonchev–Trinajstić information content (AvgIpc) is 2.45. The van der Waals surface area contributed by atoms with Gasteiger partial charge in [-0.05, 0) is 26.6 Å². The van der Waals surface area contributed by atoms with Crippen molar-refractivity contribution in [2.45, 2.75) is 13.0 Å². The first-order valence-electron chi connectivity index (χ1n) is 7.19. The van der Waals surface area contributed by atoms with Crippen molar-refractivity contribution in [1.29, 1.82) is 0 Å².